The van der Waals surface area contributed by atoms with Gasteiger partial charge < -0.3 is 10.2 Å². The molecule has 5 heteroatoms. The zero-order valence-electron chi connectivity index (χ0n) is 15.8. The first-order valence-corrected chi connectivity index (χ1v) is 10.6. The first-order valence-electron chi connectivity index (χ1n) is 10.6. The molecule has 0 heterocycles. The number of rotatable bonds is 2. The van der Waals surface area contributed by atoms with Crippen molar-refractivity contribution in [2.24, 2.45) is 40.9 Å². The van der Waals surface area contributed by atoms with Gasteiger partial charge in [0.1, 0.15) is 0 Å². The average Bonchev–Trinajstić information content (AvgIpc) is 2.90. The van der Waals surface area contributed by atoms with Crippen molar-refractivity contribution in [2.45, 2.75) is 82.9 Å². The van der Waals surface area contributed by atoms with Gasteiger partial charge in [0.25, 0.3) is 0 Å². The lowest BCUT2D eigenvalue weighted by Gasteiger charge is -2.57. The molecule has 0 aromatic rings. The minimum atomic E-state index is -4.50. The highest BCUT2D eigenvalue weighted by Crippen LogP contribution is 2.65. The lowest BCUT2D eigenvalue weighted by atomic mass is 9.49. The summed E-state index contributed by atoms with van der Waals surface area (Å²) < 4.78 is 39.9. The molecule has 150 valence electrons. The van der Waals surface area contributed by atoms with Gasteiger partial charge in [0, 0.05) is 6.61 Å². The largest absolute Gasteiger partial charge is 0.417 e. The van der Waals surface area contributed by atoms with E-state index in [9.17, 15) is 23.4 Å². The van der Waals surface area contributed by atoms with Gasteiger partial charge in [-0.15, -0.1) is 0 Å². The minimum Gasteiger partial charge on any atom is -0.396 e. The number of halogens is 3. The lowest BCUT2D eigenvalue weighted by molar-refractivity contribution is -0.282. The Labute approximate surface area is 154 Å². The van der Waals surface area contributed by atoms with Crippen molar-refractivity contribution in [1.29, 1.82) is 0 Å². The van der Waals surface area contributed by atoms with Gasteiger partial charge in [-0.1, -0.05) is 6.92 Å². The number of fused-ring (bicyclic) bond motifs is 5. The van der Waals surface area contributed by atoms with Crippen LogP contribution in [0.3, 0.4) is 0 Å². The molecule has 4 aliphatic rings. The predicted molar refractivity (Wildman–Crippen MR) is 93.3 cm³/mol. The molecule has 0 aromatic heterocycles. The van der Waals surface area contributed by atoms with E-state index in [0.29, 0.717) is 41.4 Å². The van der Waals surface area contributed by atoms with Crippen molar-refractivity contribution in [2.75, 3.05) is 6.61 Å². The Morgan fingerprint density at radius 3 is 2.35 bits per heavy atom. The maximum absolute atomic E-state index is 13.3. The number of hydrogen-bond donors (Lipinski definition) is 2. The van der Waals surface area contributed by atoms with Crippen LogP contribution in [-0.4, -0.2) is 28.6 Å². The van der Waals surface area contributed by atoms with Gasteiger partial charge in [0.05, 0.1) is 0 Å². The van der Waals surface area contributed by atoms with E-state index in [1.807, 2.05) is 0 Å². The standard InChI is InChI=1S/C21H33F3O2/c1-19-9-6-16-15-7-10-20(26,21(22,23)24)12-13(15)2-4-17(16)18(19)5-3-14(19)8-11-25/h13-18,25-26H,2-12H2,1H3/t13-,14-,15+,16-,17-,18+,19-,20-/m1/s1. The van der Waals surface area contributed by atoms with Crippen LogP contribution in [0.25, 0.3) is 0 Å². The summed E-state index contributed by atoms with van der Waals surface area (Å²) in [5.74, 6) is 2.90. The van der Waals surface area contributed by atoms with Crippen molar-refractivity contribution in [3.05, 3.63) is 0 Å². The van der Waals surface area contributed by atoms with Crippen LogP contribution in [0.1, 0.15) is 71.1 Å². The first-order chi connectivity index (χ1) is 12.2. The van der Waals surface area contributed by atoms with Gasteiger partial charge in [0.15, 0.2) is 5.60 Å². The molecule has 2 nitrogen and oxygen atoms in total. The van der Waals surface area contributed by atoms with Crippen LogP contribution >= 0.6 is 0 Å². The van der Waals surface area contributed by atoms with Gasteiger partial charge in [0.2, 0.25) is 0 Å². The number of hydrogen-bond acceptors (Lipinski definition) is 2. The molecule has 8 atom stereocenters. The van der Waals surface area contributed by atoms with Gasteiger partial charge in [-0.2, -0.15) is 13.2 Å². The first kappa shape index (κ1) is 19.0. The smallest absolute Gasteiger partial charge is 0.396 e. The molecule has 4 aliphatic carbocycles. The molecule has 0 unspecified atom stereocenters. The summed E-state index contributed by atoms with van der Waals surface area (Å²) in [4.78, 5) is 0. The zero-order chi connectivity index (χ0) is 18.7. The third-order valence-corrected chi connectivity index (χ3v) is 9.21. The zero-order valence-corrected chi connectivity index (χ0v) is 15.8. The molecule has 4 rings (SSSR count). The molecule has 0 radical (unpaired) electrons. The van der Waals surface area contributed by atoms with Crippen molar-refractivity contribution in [3.8, 4) is 0 Å². The quantitative estimate of drug-likeness (QED) is 0.719. The third-order valence-electron chi connectivity index (χ3n) is 9.21. The number of aliphatic hydroxyl groups is 2. The van der Waals surface area contributed by atoms with E-state index >= 15 is 0 Å². The van der Waals surface area contributed by atoms with E-state index in [4.69, 9.17) is 0 Å². The molecule has 0 saturated heterocycles. The van der Waals surface area contributed by atoms with E-state index in [1.165, 1.54) is 12.8 Å². The summed E-state index contributed by atoms with van der Waals surface area (Å²) in [6, 6.07) is 0. The summed E-state index contributed by atoms with van der Waals surface area (Å²) in [5, 5.41) is 19.6. The number of alkyl halides is 3. The molecule has 2 N–H and O–H groups in total. The van der Waals surface area contributed by atoms with Crippen LogP contribution in [-0.2, 0) is 0 Å². The Morgan fingerprint density at radius 1 is 0.923 bits per heavy atom. The van der Waals surface area contributed by atoms with Crippen molar-refractivity contribution < 1.29 is 23.4 Å². The summed E-state index contributed by atoms with van der Waals surface area (Å²) >= 11 is 0. The average molecular weight is 374 g/mol. The van der Waals surface area contributed by atoms with Crippen LogP contribution in [0.2, 0.25) is 0 Å². The fourth-order valence-electron chi connectivity index (χ4n) is 7.87. The molecule has 26 heavy (non-hydrogen) atoms. The van der Waals surface area contributed by atoms with Crippen molar-refractivity contribution in [1.82, 2.24) is 0 Å². The van der Waals surface area contributed by atoms with Crippen LogP contribution in [0.4, 0.5) is 13.2 Å². The molecular weight excluding hydrogens is 341 g/mol. The summed E-state index contributed by atoms with van der Waals surface area (Å²) in [6.45, 7) is 2.68. The molecular formula is C21H33F3O2. The van der Waals surface area contributed by atoms with Crippen molar-refractivity contribution >= 4 is 0 Å². The second-order valence-electron chi connectivity index (χ2n) is 10.0. The number of aliphatic hydroxyl groups excluding tert-OH is 1. The fourth-order valence-corrected chi connectivity index (χ4v) is 7.87. The predicted octanol–water partition coefficient (Wildman–Crippen LogP) is 4.93. The molecule has 0 aromatic carbocycles. The Kier molecular flexibility index (Phi) is 4.66. The van der Waals surface area contributed by atoms with E-state index in [2.05, 4.69) is 6.92 Å². The third kappa shape index (κ3) is 2.75. The lowest BCUT2D eigenvalue weighted by Crippen LogP contribution is -2.55. The fraction of sp³-hybridized carbons (Fsp3) is 1.00. The minimum absolute atomic E-state index is 0.0376. The molecule has 0 amide bonds. The monoisotopic (exact) mass is 374 g/mol. The van der Waals surface area contributed by atoms with Crippen LogP contribution in [0.5, 0.6) is 0 Å². The highest BCUT2D eigenvalue weighted by atomic mass is 19.4. The van der Waals surface area contributed by atoms with Gasteiger partial charge in [-0.05, 0) is 105 Å². The maximum atomic E-state index is 13.3. The second kappa shape index (κ2) is 6.37. The van der Waals surface area contributed by atoms with E-state index in [-0.39, 0.29) is 25.4 Å². The van der Waals surface area contributed by atoms with Crippen LogP contribution in [0.15, 0.2) is 0 Å². The SMILES string of the molecule is C[C@]12CC[C@H]3[C@@H](CC[C@@H]4C[C@@](O)(C(F)(F)F)CC[C@@H]43)[C@@H]1CC[C@@H]2CCO. The Morgan fingerprint density at radius 2 is 1.65 bits per heavy atom. The molecule has 0 aliphatic heterocycles. The Bertz CT molecular complexity index is 536. The molecule has 4 fully saturated rings. The van der Waals surface area contributed by atoms with Crippen LogP contribution < -0.4 is 0 Å². The molecule has 0 bridgehead atoms. The van der Waals surface area contributed by atoms with Gasteiger partial charge in [-0.3, -0.25) is 0 Å². The van der Waals surface area contributed by atoms with E-state index in [1.54, 1.807) is 0 Å². The topological polar surface area (TPSA) is 40.5 Å². The molecule has 0 spiro atoms. The second-order valence-corrected chi connectivity index (χ2v) is 10.0. The normalized spacial score (nSPS) is 51.5. The van der Waals surface area contributed by atoms with Crippen molar-refractivity contribution in [3.63, 3.8) is 0 Å². The summed E-state index contributed by atoms with van der Waals surface area (Å²) in [6.07, 6.45) is 3.34. The van der Waals surface area contributed by atoms with E-state index < -0.39 is 11.8 Å². The van der Waals surface area contributed by atoms with Gasteiger partial charge in [-0.25, -0.2) is 0 Å². The molecule has 4 saturated carbocycles. The van der Waals surface area contributed by atoms with Gasteiger partial charge >= 0.3 is 6.18 Å². The Hall–Kier alpha value is -0.290. The van der Waals surface area contributed by atoms with Crippen LogP contribution in [0, 0.1) is 40.9 Å². The maximum Gasteiger partial charge on any atom is 0.417 e. The van der Waals surface area contributed by atoms with E-state index in [0.717, 1.165) is 32.1 Å². The highest BCUT2D eigenvalue weighted by molar-refractivity contribution is 5.07. The summed E-state index contributed by atoms with van der Waals surface area (Å²) in [5.41, 5.74) is -2.14. The summed E-state index contributed by atoms with van der Waals surface area (Å²) in [7, 11) is 0. The highest BCUT2D eigenvalue weighted by Gasteiger charge is 2.61. The Balaban J connectivity index is 1.50.